The summed E-state index contributed by atoms with van der Waals surface area (Å²) in [4.78, 5) is 13.1. The van der Waals surface area contributed by atoms with Crippen molar-refractivity contribution in [1.29, 1.82) is 0 Å². The first-order valence-corrected chi connectivity index (χ1v) is 12.3. The first-order valence-electron chi connectivity index (χ1n) is 11.0. The highest BCUT2D eigenvalue weighted by molar-refractivity contribution is 8.00. The van der Waals surface area contributed by atoms with Gasteiger partial charge in [0.15, 0.2) is 11.0 Å². The van der Waals surface area contributed by atoms with E-state index in [1.165, 1.54) is 11.8 Å². The van der Waals surface area contributed by atoms with Crippen molar-refractivity contribution in [2.75, 3.05) is 6.61 Å². The van der Waals surface area contributed by atoms with Crippen molar-refractivity contribution in [3.05, 3.63) is 65.2 Å². The van der Waals surface area contributed by atoms with Gasteiger partial charge < -0.3 is 10.1 Å². The lowest BCUT2D eigenvalue weighted by Gasteiger charge is -2.19. The van der Waals surface area contributed by atoms with E-state index in [4.69, 9.17) is 16.3 Å². The van der Waals surface area contributed by atoms with E-state index in [1.54, 1.807) is 0 Å². The van der Waals surface area contributed by atoms with Gasteiger partial charge in [-0.3, -0.25) is 9.36 Å². The van der Waals surface area contributed by atoms with E-state index in [0.717, 1.165) is 49.2 Å². The second-order valence-electron chi connectivity index (χ2n) is 8.25. The smallest absolute Gasteiger partial charge is 0.238 e. The molecule has 1 amide bonds. The van der Waals surface area contributed by atoms with E-state index in [0.29, 0.717) is 22.8 Å². The van der Waals surface area contributed by atoms with Crippen LogP contribution in [-0.2, 0) is 16.1 Å². The number of benzene rings is 2. The monoisotopic (exact) mass is 468 g/mol. The van der Waals surface area contributed by atoms with E-state index in [-0.39, 0.29) is 12.0 Å². The Morgan fingerprint density at radius 2 is 1.91 bits per heavy atom. The van der Waals surface area contributed by atoms with Crippen LogP contribution in [0.1, 0.15) is 36.5 Å². The van der Waals surface area contributed by atoms with Crippen LogP contribution in [0.5, 0.6) is 0 Å². The first-order chi connectivity index (χ1) is 15.7. The number of nitrogens with zero attached hydrogens (tertiary/aromatic N) is 3. The van der Waals surface area contributed by atoms with E-state index >= 15 is 0 Å². The summed E-state index contributed by atoms with van der Waals surface area (Å²) in [6.07, 6.45) is 4.28. The van der Waals surface area contributed by atoms with Crippen molar-refractivity contribution in [3.63, 3.8) is 0 Å². The number of rotatable bonds is 8. The molecule has 2 fully saturated rings. The van der Waals surface area contributed by atoms with Gasteiger partial charge in [-0.1, -0.05) is 53.7 Å². The molecule has 0 spiro atoms. The average molecular weight is 469 g/mol. The standard InChI is InChI=1S/C24H25ClN4O2S/c25-18-10-8-17(9-11-18)22-27-28-24(29(22)15-20-7-4-14-31-20)32-21(16-5-2-1-3-6-16)23(30)26-19-12-13-19/h1-3,5-6,8-11,19-21H,4,7,12-15H2,(H,26,30). The summed E-state index contributed by atoms with van der Waals surface area (Å²) in [6.45, 7) is 1.43. The van der Waals surface area contributed by atoms with Gasteiger partial charge in [0.05, 0.1) is 12.6 Å². The molecule has 166 valence electrons. The molecule has 1 saturated carbocycles. The number of carbonyl (C=O) groups excluding carboxylic acids is 1. The van der Waals surface area contributed by atoms with Gasteiger partial charge in [0.2, 0.25) is 5.91 Å². The Hall–Kier alpha value is -2.35. The van der Waals surface area contributed by atoms with Gasteiger partial charge in [-0.05, 0) is 55.5 Å². The third-order valence-electron chi connectivity index (χ3n) is 5.72. The topological polar surface area (TPSA) is 69.0 Å². The fraction of sp³-hybridized carbons (Fsp3) is 0.375. The molecule has 5 rings (SSSR count). The maximum absolute atomic E-state index is 13.1. The van der Waals surface area contributed by atoms with E-state index in [1.807, 2.05) is 54.6 Å². The van der Waals surface area contributed by atoms with Crippen molar-refractivity contribution >= 4 is 29.3 Å². The highest BCUT2D eigenvalue weighted by atomic mass is 35.5. The lowest BCUT2D eigenvalue weighted by molar-refractivity contribution is -0.120. The summed E-state index contributed by atoms with van der Waals surface area (Å²) < 4.78 is 7.99. The van der Waals surface area contributed by atoms with Crippen molar-refractivity contribution in [2.45, 2.75) is 54.8 Å². The number of amides is 1. The van der Waals surface area contributed by atoms with Crippen LogP contribution < -0.4 is 5.32 Å². The SMILES string of the molecule is O=C(NC1CC1)C(Sc1nnc(-c2ccc(Cl)cc2)n1CC1CCCO1)c1ccccc1. The van der Waals surface area contributed by atoms with Crippen molar-refractivity contribution in [2.24, 2.45) is 0 Å². The number of halogens is 1. The van der Waals surface area contributed by atoms with Gasteiger partial charge in [0.25, 0.3) is 0 Å². The number of aromatic nitrogens is 3. The molecule has 3 aromatic rings. The van der Waals surface area contributed by atoms with E-state index < -0.39 is 5.25 Å². The van der Waals surface area contributed by atoms with E-state index in [2.05, 4.69) is 20.1 Å². The minimum Gasteiger partial charge on any atom is -0.376 e. The second kappa shape index (κ2) is 9.65. The first kappa shape index (κ1) is 21.5. The Morgan fingerprint density at radius 1 is 1.12 bits per heavy atom. The maximum Gasteiger partial charge on any atom is 0.238 e. The number of carbonyl (C=O) groups is 1. The van der Waals surface area contributed by atoms with Crippen LogP contribution in [0, 0.1) is 0 Å². The summed E-state index contributed by atoms with van der Waals surface area (Å²) in [5.41, 5.74) is 1.89. The van der Waals surface area contributed by atoms with Gasteiger partial charge >= 0.3 is 0 Å². The summed E-state index contributed by atoms with van der Waals surface area (Å²) in [6, 6.07) is 17.8. The predicted molar refractivity (Wildman–Crippen MR) is 126 cm³/mol. The van der Waals surface area contributed by atoms with Crippen LogP contribution in [0.3, 0.4) is 0 Å². The summed E-state index contributed by atoms with van der Waals surface area (Å²) in [5.74, 6) is 0.775. The minimum atomic E-state index is -0.401. The van der Waals surface area contributed by atoms with Crippen LogP contribution in [0.4, 0.5) is 0 Å². The fourth-order valence-corrected chi connectivity index (χ4v) is 5.04. The van der Waals surface area contributed by atoms with Crippen molar-refractivity contribution in [3.8, 4) is 11.4 Å². The third-order valence-corrected chi connectivity index (χ3v) is 7.20. The lowest BCUT2D eigenvalue weighted by atomic mass is 10.1. The van der Waals surface area contributed by atoms with Crippen molar-refractivity contribution in [1.82, 2.24) is 20.1 Å². The molecule has 2 aromatic carbocycles. The summed E-state index contributed by atoms with van der Waals surface area (Å²) in [5, 5.41) is 13.1. The van der Waals surface area contributed by atoms with Gasteiger partial charge in [-0.25, -0.2) is 0 Å². The van der Waals surface area contributed by atoms with Crippen molar-refractivity contribution < 1.29 is 9.53 Å². The zero-order valence-electron chi connectivity index (χ0n) is 17.6. The maximum atomic E-state index is 13.1. The molecule has 1 aliphatic carbocycles. The molecular formula is C24H25ClN4O2S. The molecule has 2 heterocycles. The molecule has 1 aliphatic heterocycles. The number of ether oxygens (including phenoxy) is 1. The zero-order chi connectivity index (χ0) is 21.9. The molecule has 2 aliphatic rings. The Kier molecular flexibility index (Phi) is 6.48. The molecule has 1 aromatic heterocycles. The molecule has 32 heavy (non-hydrogen) atoms. The van der Waals surface area contributed by atoms with Crippen LogP contribution in [0.15, 0.2) is 59.8 Å². The fourth-order valence-electron chi connectivity index (χ4n) is 3.86. The third kappa shape index (κ3) is 5.00. The number of nitrogens with one attached hydrogen (secondary N) is 1. The van der Waals surface area contributed by atoms with Crippen LogP contribution in [0.25, 0.3) is 11.4 Å². The van der Waals surface area contributed by atoms with Gasteiger partial charge in [-0.2, -0.15) is 0 Å². The van der Waals surface area contributed by atoms with Gasteiger partial charge in [0, 0.05) is 23.2 Å². The average Bonchev–Trinajstić information content (AvgIpc) is 3.31. The normalized spacial score (nSPS) is 19.1. The van der Waals surface area contributed by atoms with Crippen LogP contribution in [-0.4, -0.2) is 39.4 Å². The van der Waals surface area contributed by atoms with Gasteiger partial charge in [-0.15, -0.1) is 10.2 Å². The molecule has 0 bridgehead atoms. The van der Waals surface area contributed by atoms with Crippen LogP contribution in [0.2, 0.25) is 5.02 Å². The molecule has 1 saturated heterocycles. The number of thioether (sulfide) groups is 1. The van der Waals surface area contributed by atoms with Gasteiger partial charge in [0.1, 0.15) is 5.25 Å². The Labute approximate surface area is 196 Å². The second-order valence-corrected chi connectivity index (χ2v) is 9.76. The molecular weight excluding hydrogens is 444 g/mol. The predicted octanol–water partition coefficient (Wildman–Crippen LogP) is 4.89. The largest absolute Gasteiger partial charge is 0.376 e. The Balaban J connectivity index is 1.48. The molecule has 0 radical (unpaired) electrons. The summed E-state index contributed by atoms with van der Waals surface area (Å²) >= 11 is 7.53. The van der Waals surface area contributed by atoms with Crippen LogP contribution >= 0.6 is 23.4 Å². The molecule has 2 atom stereocenters. The molecule has 6 nitrogen and oxygen atoms in total. The molecule has 1 N–H and O–H groups in total. The quantitative estimate of drug-likeness (QED) is 0.477. The number of hydrogen-bond acceptors (Lipinski definition) is 5. The molecule has 2 unspecified atom stereocenters. The lowest BCUT2D eigenvalue weighted by Crippen LogP contribution is -2.30. The zero-order valence-corrected chi connectivity index (χ0v) is 19.2. The Bertz CT molecular complexity index is 1060. The highest BCUT2D eigenvalue weighted by Gasteiger charge is 2.31. The highest BCUT2D eigenvalue weighted by Crippen LogP contribution is 2.37. The van der Waals surface area contributed by atoms with E-state index in [9.17, 15) is 4.79 Å². The molecule has 8 heteroatoms. The minimum absolute atomic E-state index is 0.0170. The Morgan fingerprint density at radius 3 is 2.59 bits per heavy atom. The summed E-state index contributed by atoms with van der Waals surface area (Å²) in [7, 11) is 0. The number of hydrogen-bond donors (Lipinski definition) is 1.